The first-order valence-corrected chi connectivity index (χ1v) is 6.38. The largest absolute Gasteiger partial charge is 0.494 e. The first-order chi connectivity index (χ1) is 9.12. The van der Waals surface area contributed by atoms with Crippen molar-refractivity contribution in [3.63, 3.8) is 0 Å². The van der Waals surface area contributed by atoms with E-state index in [2.05, 4.69) is 5.32 Å². The highest BCUT2D eigenvalue weighted by molar-refractivity contribution is 5.98. The lowest BCUT2D eigenvalue weighted by Gasteiger charge is -2.40. The van der Waals surface area contributed by atoms with Crippen LogP contribution < -0.4 is 15.8 Å². The molecule has 0 unspecified atom stereocenters. The fraction of sp³-hybridized carbons (Fsp3) is 0.500. The molecule has 0 saturated heterocycles. The predicted molar refractivity (Wildman–Crippen MR) is 73.3 cm³/mol. The summed E-state index contributed by atoms with van der Waals surface area (Å²) in [6.07, 6.45) is 3.11. The van der Waals surface area contributed by atoms with Gasteiger partial charge in [-0.1, -0.05) is 6.07 Å². The molecule has 3 N–H and O–H groups in total. The number of carbonyl (C=O) groups is 1. The Morgan fingerprint density at radius 3 is 2.68 bits per heavy atom. The molecule has 0 radical (unpaired) electrons. The summed E-state index contributed by atoms with van der Waals surface area (Å²) < 4.78 is 10.6. The van der Waals surface area contributed by atoms with E-state index in [1.165, 1.54) is 7.11 Å². The lowest BCUT2D eigenvalue weighted by molar-refractivity contribution is -0.0679. The quantitative estimate of drug-likeness (QED) is 0.792. The Hall–Kier alpha value is -1.75. The van der Waals surface area contributed by atoms with Gasteiger partial charge in [0.1, 0.15) is 0 Å². The smallest absolute Gasteiger partial charge is 0.255 e. The van der Waals surface area contributed by atoms with Crippen LogP contribution in [0.4, 0.5) is 5.69 Å². The average molecular weight is 264 g/mol. The van der Waals surface area contributed by atoms with Crippen LogP contribution in [-0.4, -0.2) is 32.3 Å². The van der Waals surface area contributed by atoms with Gasteiger partial charge in [0.2, 0.25) is 0 Å². The fourth-order valence-electron chi connectivity index (χ4n) is 2.32. The number of methoxy groups -OCH3 is 2. The molecule has 5 nitrogen and oxygen atoms in total. The Morgan fingerprint density at radius 2 is 2.16 bits per heavy atom. The van der Waals surface area contributed by atoms with Gasteiger partial charge in [0.25, 0.3) is 5.91 Å². The highest BCUT2D eigenvalue weighted by atomic mass is 16.5. The maximum absolute atomic E-state index is 12.2. The third-order valence-electron chi connectivity index (χ3n) is 3.76. The number of para-hydroxylation sites is 1. The molecule has 1 aromatic carbocycles. The summed E-state index contributed by atoms with van der Waals surface area (Å²) in [6.45, 7) is 0.514. The number of ether oxygens (including phenoxy) is 2. The zero-order valence-corrected chi connectivity index (χ0v) is 11.4. The van der Waals surface area contributed by atoms with E-state index in [4.69, 9.17) is 15.2 Å². The summed E-state index contributed by atoms with van der Waals surface area (Å²) >= 11 is 0. The maximum Gasteiger partial charge on any atom is 0.255 e. The number of carbonyl (C=O) groups excluding carboxylic acids is 1. The molecule has 0 spiro atoms. The van der Waals surface area contributed by atoms with Crippen LogP contribution in [0.1, 0.15) is 29.6 Å². The van der Waals surface area contributed by atoms with Crippen molar-refractivity contribution in [1.29, 1.82) is 0 Å². The number of nitrogen functional groups attached to an aromatic ring is 1. The molecule has 5 heteroatoms. The molecule has 0 aliphatic heterocycles. The SMILES string of the molecule is COc1c(N)cccc1C(=O)NCC1(OC)CCC1. The summed E-state index contributed by atoms with van der Waals surface area (Å²) in [6, 6.07) is 5.14. The van der Waals surface area contributed by atoms with Gasteiger partial charge >= 0.3 is 0 Å². The standard InChI is InChI=1S/C14H20N2O3/c1-18-12-10(5-3-6-11(12)15)13(17)16-9-14(19-2)7-4-8-14/h3,5-6H,4,7-9,15H2,1-2H3,(H,16,17). The van der Waals surface area contributed by atoms with Gasteiger partial charge < -0.3 is 20.5 Å². The fourth-order valence-corrected chi connectivity index (χ4v) is 2.32. The predicted octanol–water partition coefficient (Wildman–Crippen LogP) is 1.58. The third kappa shape index (κ3) is 2.66. The van der Waals surface area contributed by atoms with Crippen molar-refractivity contribution in [2.24, 2.45) is 0 Å². The van der Waals surface area contributed by atoms with E-state index in [1.807, 2.05) is 0 Å². The highest BCUT2D eigenvalue weighted by Gasteiger charge is 2.37. The van der Waals surface area contributed by atoms with E-state index < -0.39 is 0 Å². The summed E-state index contributed by atoms with van der Waals surface area (Å²) in [7, 11) is 3.19. The van der Waals surface area contributed by atoms with Crippen molar-refractivity contribution in [1.82, 2.24) is 5.32 Å². The summed E-state index contributed by atoms with van der Waals surface area (Å²) in [5.41, 5.74) is 6.50. The number of hydrogen-bond acceptors (Lipinski definition) is 4. The van der Waals surface area contributed by atoms with Crippen LogP contribution in [0.2, 0.25) is 0 Å². The van der Waals surface area contributed by atoms with Crippen LogP contribution in [-0.2, 0) is 4.74 Å². The molecule has 1 amide bonds. The van der Waals surface area contributed by atoms with Gasteiger partial charge in [-0.25, -0.2) is 0 Å². The number of amides is 1. The van der Waals surface area contributed by atoms with Gasteiger partial charge in [0, 0.05) is 13.7 Å². The number of nitrogens with one attached hydrogen (secondary N) is 1. The molecular formula is C14H20N2O3. The first-order valence-electron chi connectivity index (χ1n) is 6.38. The van der Waals surface area contributed by atoms with Gasteiger partial charge in [-0.05, 0) is 31.4 Å². The van der Waals surface area contributed by atoms with Crippen molar-refractivity contribution >= 4 is 11.6 Å². The van der Waals surface area contributed by atoms with Gasteiger partial charge in [0.05, 0.1) is 24.0 Å². The van der Waals surface area contributed by atoms with Crippen LogP contribution in [0.3, 0.4) is 0 Å². The molecule has 0 atom stereocenters. The van der Waals surface area contributed by atoms with E-state index in [1.54, 1.807) is 25.3 Å². The van der Waals surface area contributed by atoms with E-state index in [0.717, 1.165) is 19.3 Å². The van der Waals surface area contributed by atoms with Gasteiger partial charge in [0.15, 0.2) is 5.75 Å². The van der Waals surface area contributed by atoms with Crippen molar-refractivity contribution in [3.05, 3.63) is 23.8 Å². The molecule has 2 rings (SSSR count). The van der Waals surface area contributed by atoms with Crippen LogP contribution in [0.5, 0.6) is 5.75 Å². The Kier molecular flexibility index (Phi) is 3.95. The molecule has 1 saturated carbocycles. The summed E-state index contributed by atoms with van der Waals surface area (Å²) in [4.78, 5) is 12.2. The van der Waals surface area contributed by atoms with Gasteiger partial charge in [-0.2, -0.15) is 0 Å². The maximum atomic E-state index is 12.2. The van der Waals surface area contributed by atoms with Crippen LogP contribution in [0.15, 0.2) is 18.2 Å². The third-order valence-corrected chi connectivity index (χ3v) is 3.76. The van der Waals surface area contributed by atoms with Crippen molar-refractivity contribution in [2.45, 2.75) is 24.9 Å². The lowest BCUT2D eigenvalue weighted by atomic mass is 9.80. The van der Waals surface area contributed by atoms with Gasteiger partial charge in [-0.3, -0.25) is 4.79 Å². The summed E-state index contributed by atoms with van der Waals surface area (Å²) in [5, 5.41) is 2.90. The topological polar surface area (TPSA) is 73.6 Å². The zero-order chi connectivity index (χ0) is 13.9. The number of benzene rings is 1. The van der Waals surface area contributed by atoms with E-state index in [9.17, 15) is 4.79 Å². The minimum Gasteiger partial charge on any atom is -0.494 e. The molecule has 1 aliphatic carbocycles. The molecule has 1 aromatic rings. The minimum absolute atomic E-state index is 0.188. The first kappa shape index (κ1) is 13.7. The van der Waals surface area contributed by atoms with Crippen LogP contribution >= 0.6 is 0 Å². The molecular weight excluding hydrogens is 244 g/mol. The molecule has 1 fully saturated rings. The Morgan fingerprint density at radius 1 is 1.42 bits per heavy atom. The number of rotatable bonds is 5. The second kappa shape index (κ2) is 5.48. The lowest BCUT2D eigenvalue weighted by Crippen LogP contribution is -2.49. The van der Waals surface area contributed by atoms with Crippen molar-refractivity contribution in [2.75, 3.05) is 26.5 Å². The molecule has 0 aromatic heterocycles. The number of hydrogen-bond donors (Lipinski definition) is 2. The average Bonchev–Trinajstić information content (AvgIpc) is 2.37. The summed E-state index contributed by atoms with van der Waals surface area (Å²) in [5.74, 6) is 0.229. The number of anilines is 1. The van der Waals surface area contributed by atoms with E-state index >= 15 is 0 Å². The van der Waals surface area contributed by atoms with E-state index in [0.29, 0.717) is 23.5 Å². The Labute approximate surface area is 113 Å². The Balaban J connectivity index is 2.06. The number of nitrogens with two attached hydrogens (primary N) is 1. The van der Waals surface area contributed by atoms with E-state index in [-0.39, 0.29) is 11.5 Å². The van der Waals surface area contributed by atoms with Crippen molar-refractivity contribution < 1.29 is 14.3 Å². The Bertz CT molecular complexity index is 464. The molecule has 104 valence electrons. The minimum atomic E-state index is -0.191. The molecule has 0 bridgehead atoms. The van der Waals surface area contributed by atoms with Crippen LogP contribution in [0.25, 0.3) is 0 Å². The van der Waals surface area contributed by atoms with Gasteiger partial charge in [-0.15, -0.1) is 0 Å². The normalized spacial score (nSPS) is 16.5. The highest BCUT2D eigenvalue weighted by Crippen LogP contribution is 2.34. The zero-order valence-electron chi connectivity index (χ0n) is 11.4. The molecule has 0 heterocycles. The van der Waals surface area contributed by atoms with Crippen molar-refractivity contribution in [3.8, 4) is 5.75 Å². The monoisotopic (exact) mass is 264 g/mol. The van der Waals surface area contributed by atoms with Crippen LogP contribution in [0, 0.1) is 0 Å². The molecule has 19 heavy (non-hydrogen) atoms. The molecule has 1 aliphatic rings. The second-order valence-electron chi connectivity index (χ2n) is 4.85. The second-order valence-corrected chi connectivity index (χ2v) is 4.85.